The van der Waals surface area contributed by atoms with Gasteiger partial charge in [-0.15, -0.1) is 0 Å². The summed E-state index contributed by atoms with van der Waals surface area (Å²) in [5, 5.41) is 0. The molecule has 2 N–H and O–H groups in total. The molecule has 0 aromatic heterocycles. The molecular formula is C10H14FNO. The Kier molecular flexibility index (Phi) is 3.25. The number of nitrogens with two attached hydrogens (primary N) is 1. The van der Waals surface area contributed by atoms with Gasteiger partial charge in [-0.05, 0) is 13.0 Å². The molecule has 2 nitrogen and oxygen atoms in total. The maximum atomic E-state index is 13.5. The zero-order chi connectivity index (χ0) is 9.84. The Balaban J connectivity index is 2.98. The van der Waals surface area contributed by atoms with Crippen LogP contribution >= 0.6 is 0 Å². The lowest BCUT2D eigenvalue weighted by Gasteiger charge is -2.15. The molecule has 1 aromatic carbocycles. The summed E-state index contributed by atoms with van der Waals surface area (Å²) in [7, 11) is 1.52. The Hall–Kier alpha value is -1.09. The summed E-state index contributed by atoms with van der Waals surface area (Å²) in [6.07, 6.45) is -1.17. The summed E-state index contributed by atoms with van der Waals surface area (Å²) >= 11 is 0. The van der Waals surface area contributed by atoms with Crippen molar-refractivity contribution in [2.75, 3.05) is 7.11 Å². The Morgan fingerprint density at radius 1 is 1.38 bits per heavy atom. The minimum atomic E-state index is -1.17. The summed E-state index contributed by atoms with van der Waals surface area (Å²) in [6, 6.07) is 6.47. The third-order valence-electron chi connectivity index (χ3n) is 1.90. The second-order valence-electron chi connectivity index (χ2n) is 3.00. The molecule has 1 aromatic rings. The molecule has 0 fully saturated rings. The van der Waals surface area contributed by atoms with Crippen LogP contribution in [0.25, 0.3) is 0 Å². The van der Waals surface area contributed by atoms with Gasteiger partial charge in [0.15, 0.2) is 0 Å². The van der Waals surface area contributed by atoms with E-state index < -0.39 is 12.2 Å². The lowest BCUT2D eigenvalue weighted by molar-refractivity contribution is 0.287. The SMILES string of the molecule is COc1ccccc1C(F)C(C)N. The van der Waals surface area contributed by atoms with Crippen LogP contribution in [0.15, 0.2) is 24.3 Å². The fraction of sp³-hybridized carbons (Fsp3) is 0.400. The molecule has 0 heterocycles. The Morgan fingerprint density at radius 2 is 2.00 bits per heavy atom. The molecule has 0 bridgehead atoms. The lowest BCUT2D eigenvalue weighted by atomic mass is 10.0. The van der Waals surface area contributed by atoms with Gasteiger partial charge in [0.25, 0.3) is 0 Å². The topological polar surface area (TPSA) is 35.2 Å². The lowest BCUT2D eigenvalue weighted by Crippen LogP contribution is -2.21. The fourth-order valence-corrected chi connectivity index (χ4v) is 1.18. The van der Waals surface area contributed by atoms with Crippen molar-refractivity contribution >= 4 is 0 Å². The van der Waals surface area contributed by atoms with Crippen molar-refractivity contribution in [1.82, 2.24) is 0 Å². The van der Waals surface area contributed by atoms with Crippen LogP contribution in [-0.2, 0) is 0 Å². The summed E-state index contributed by atoms with van der Waals surface area (Å²) in [5.74, 6) is 0.548. The molecule has 72 valence electrons. The molecule has 1 rings (SSSR count). The third-order valence-corrected chi connectivity index (χ3v) is 1.90. The van der Waals surface area contributed by atoms with Crippen LogP contribution in [0.3, 0.4) is 0 Å². The molecule has 3 heteroatoms. The number of rotatable bonds is 3. The van der Waals surface area contributed by atoms with Gasteiger partial charge < -0.3 is 10.5 Å². The predicted octanol–water partition coefficient (Wildman–Crippen LogP) is 2.05. The normalized spacial score (nSPS) is 15.1. The molecule has 0 saturated carbocycles. The molecule has 0 radical (unpaired) electrons. The van der Waals surface area contributed by atoms with Gasteiger partial charge in [0, 0.05) is 11.6 Å². The number of benzene rings is 1. The van der Waals surface area contributed by atoms with Crippen molar-refractivity contribution in [3.8, 4) is 5.75 Å². The standard InChI is InChI=1S/C10H14FNO/c1-7(12)10(11)8-5-3-4-6-9(8)13-2/h3-7,10H,12H2,1-2H3. The van der Waals surface area contributed by atoms with E-state index in [-0.39, 0.29) is 0 Å². The van der Waals surface area contributed by atoms with Gasteiger partial charge in [0.05, 0.1) is 7.11 Å². The average molecular weight is 183 g/mol. The minimum absolute atomic E-state index is 0.514. The molecule has 0 aliphatic rings. The highest BCUT2D eigenvalue weighted by Gasteiger charge is 2.18. The number of ether oxygens (including phenoxy) is 1. The summed E-state index contributed by atoms with van der Waals surface area (Å²) < 4.78 is 18.5. The number of hydrogen-bond donors (Lipinski definition) is 1. The number of alkyl halides is 1. The Labute approximate surface area is 77.5 Å². The van der Waals surface area contributed by atoms with E-state index in [1.54, 1.807) is 31.2 Å². The van der Waals surface area contributed by atoms with E-state index in [1.807, 2.05) is 0 Å². The van der Waals surface area contributed by atoms with Crippen molar-refractivity contribution in [2.24, 2.45) is 5.73 Å². The number of halogens is 1. The molecular weight excluding hydrogens is 169 g/mol. The molecule has 0 amide bonds. The van der Waals surface area contributed by atoms with Gasteiger partial charge in [-0.25, -0.2) is 4.39 Å². The van der Waals surface area contributed by atoms with Crippen LogP contribution in [0.4, 0.5) is 4.39 Å². The molecule has 0 aliphatic carbocycles. The maximum Gasteiger partial charge on any atom is 0.143 e. The van der Waals surface area contributed by atoms with E-state index in [0.29, 0.717) is 11.3 Å². The van der Waals surface area contributed by atoms with Gasteiger partial charge >= 0.3 is 0 Å². The number of para-hydroxylation sites is 1. The van der Waals surface area contributed by atoms with Crippen LogP contribution in [0.1, 0.15) is 18.7 Å². The number of hydrogen-bond acceptors (Lipinski definition) is 2. The Morgan fingerprint density at radius 3 is 2.54 bits per heavy atom. The van der Waals surface area contributed by atoms with E-state index in [2.05, 4.69) is 0 Å². The van der Waals surface area contributed by atoms with E-state index in [0.717, 1.165) is 0 Å². The van der Waals surface area contributed by atoms with Gasteiger partial charge in [-0.3, -0.25) is 0 Å². The largest absolute Gasteiger partial charge is 0.496 e. The molecule has 0 aliphatic heterocycles. The first kappa shape index (κ1) is 9.99. The first-order chi connectivity index (χ1) is 6.16. The van der Waals surface area contributed by atoms with E-state index in [1.165, 1.54) is 7.11 Å². The fourth-order valence-electron chi connectivity index (χ4n) is 1.18. The first-order valence-corrected chi connectivity index (χ1v) is 4.19. The molecule has 2 atom stereocenters. The van der Waals surface area contributed by atoms with E-state index in [9.17, 15) is 4.39 Å². The van der Waals surface area contributed by atoms with Crippen LogP contribution in [0, 0.1) is 0 Å². The quantitative estimate of drug-likeness (QED) is 0.778. The highest BCUT2D eigenvalue weighted by atomic mass is 19.1. The zero-order valence-corrected chi connectivity index (χ0v) is 7.83. The third kappa shape index (κ3) is 2.18. The monoisotopic (exact) mass is 183 g/mol. The predicted molar refractivity (Wildman–Crippen MR) is 50.5 cm³/mol. The van der Waals surface area contributed by atoms with Crippen LogP contribution in [0.5, 0.6) is 5.75 Å². The van der Waals surface area contributed by atoms with Crippen molar-refractivity contribution in [3.63, 3.8) is 0 Å². The van der Waals surface area contributed by atoms with Crippen LogP contribution in [0.2, 0.25) is 0 Å². The summed E-state index contributed by atoms with van der Waals surface area (Å²) in [5.41, 5.74) is 5.97. The second kappa shape index (κ2) is 4.23. The zero-order valence-electron chi connectivity index (χ0n) is 7.83. The van der Waals surface area contributed by atoms with Gasteiger partial charge in [-0.2, -0.15) is 0 Å². The van der Waals surface area contributed by atoms with Crippen molar-refractivity contribution < 1.29 is 9.13 Å². The molecule has 0 saturated heterocycles. The van der Waals surface area contributed by atoms with Crippen molar-refractivity contribution in [2.45, 2.75) is 19.1 Å². The second-order valence-corrected chi connectivity index (χ2v) is 3.00. The summed E-state index contributed by atoms with van der Waals surface area (Å²) in [6.45, 7) is 1.64. The highest BCUT2D eigenvalue weighted by molar-refractivity contribution is 5.35. The summed E-state index contributed by atoms with van der Waals surface area (Å²) in [4.78, 5) is 0. The van der Waals surface area contributed by atoms with Crippen LogP contribution < -0.4 is 10.5 Å². The molecule has 0 spiro atoms. The average Bonchev–Trinajstić information content (AvgIpc) is 2.16. The first-order valence-electron chi connectivity index (χ1n) is 4.19. The van der Waals surface area contributed by atoms with E-state index >= 15 is 0 Å². The molecule has 2 unspecified atom stereocenters. The van der Waals surface area contributed by atoms with Gasteiger partial charge in [0.2, 0.25) is 0 Å². The molecule has 13 heavy (non-hydrogen) atoms. The van der Waals surface area contributed by atoms with Crippen molar-refractivity contribution in [3.05, 3.63) is 29.8 Å². The number of methoxy groups -OCH3 is 1. The minimum Gasteiger partial charge on any atom is -0.496 e. The Bertz CT molecular complexity index is 275. The van der Waals surface area contributed by atoms with Crippen molar-refractivity contribution in [1.29, 1.82) is 0 Å². The maximum absolute atomic E-state index is 13.5. The highest BCUT2D eigenvalue weighted by Crippen LogP contribution is 2.28. The van der Waals surface area contributed by atoms with Gasteiger partial charge in [-0.1, -0.05) is 18.2 Å². The van der Waals surface area contributed by atoms with Gasteiger partial charge in [0.1, 0.15) is 11.9 Å². The smallest absolute Gasteiger partial charge is 0.143 e. The van der Waals surface area contributed by atoms with Crippen LogP contribution in [-0.4, -0.2) is 13.2 Å². The van der Waals surface area contributed by atoms with E-state index in [4.69, 9.17) is 10.5 Å².